The standard InChI is InChI=1S/C44H48O6S6/c1-23(45)51-17-29-11-35-36(12-30(29)18-52-24(2)46)42(8)39-15-33(21-55-27(5)49)34(22-56-28(6)50)16-40(39)43(9)38-14-32(20-54-26(4)48)31(19-53-25(3)47)13-37(38)41(35,7)44(42,43)10/h11-16H,17-22H2,1-10H3. The Morgan fingerprint density at radius 3 is 0.607 bits per heavy atom. The third-order valence-electron chi connectivity index (χ3n) is 12.8. The fraction of sp³-hybridized carbons (Fsp3) is 0.455. The minimum absolute atomic E-state index is 0.0312. The minimum Gasteiger partial charge on any atom is -0.288 e. The molecule has 0 aromatic heterocycles. The first kappa shape index (κ1) is 43.4. The molecule has 6 nitrogen and oxygen atoms in total. The van der Waals surface area contributed by atoms with Crippen molar-refractivity contribution < 1.29 is 28.8 Å². The molecule has 0 fully saturated rings. The van der Waals surface area contributed by atoms with E-state index >= 15 is 0 Å². The third kappa shape index (κ3) is 6.93. The van der Waals surface area contributed by atoms with Gasteiger partial charge in [0, 0.05) is 97.7 Å². The highest BCUT2D eigenvalue weighted by Crippen LogP contribution is 2.82. The molecule has 56 heavy (non-hydrogen) atoms. The van der Waals surface area contributed by atoms with E-state index in [0.29, 0.717) is 34.5 Å². The van der Waals surface area contributed by atoms with Crippen LogP contribution >= 0.6 is 70.6 Å². The van der Waals surface area contributed by atoms with Crippen molar-refractivity contribution >= 4 is 101 Å². The second kappa shape index (κ2) is 16.1. The van der Waals surface area contributed by atoms with Gasteiger partial charge < -0.3 is 0 Å². The lowest BCUT2D eigenvalue weighted by Crippen LogP contribution is -2.51. The van der Waals surface area contributed by atoms with Crippen LogP contribution in [0, 0.1) is 5.41 Å². The van der Waals surface area contributed by atoms with Gasteiger partial charge in [0.05, 0.1) is 0 Å². The average molecular weight is 865 g/mol. The molecule has 0 atom stereocenters. The van der Waals surface area contributed by atoms with Gasteiger partial charge in [-0.15, -0.1) is 0 Å². The third-order valence-corrected chi connectivity index (χ3v) is 18.0. The molecule has 0 N–H and O–H groups in total. The van der Waals surface area contributed by atoms with Crippen LogP contribution in [0.25, 0.3) is 0 Å². The molecule has 3 aliphatic rings. The molecule has 3 aliphatic carbocycles. The first-order valence-corrected chi connectivity index (χ1v) is 24.4. The molecule has 3 aromatic rings. The normalized spacial score (nSPS) is 23.7. The molecule has 0 bridgehead atoms. The van der Waals surface area contributed by atoms with Crippen LogP contribution in [0.15, 0.2) is 36.4 Å². The number of thioether (sulfide) groups is 6. The predicted octanol–water partition coefficient (Wildman–Crippen LogP) is 10.6. The molecule has 0 unspecified atom stereocenters. The van der Waals surface area contributed by atoms with Gasteiger partial charge in [-0.25, -0.2) is 0 Å². The predicted molar refractivity (Wildman–Crippen MR) is 239 cm³/mol. The molecule has 0 radical (unpaired) electrons. The van der Waals surface area contributed by atoms with Crippen molar-refractivity contribution in [3.05, 3.63) is 103 Å². The van der Waals surface area contributed by atoms with Crippen molar-refractivity contribution in [2.45, 2.75) is 120 Å². The van der Waals surface area contributed by atoms with Gasteiger partial charge in [-0.3, -0.25) is 28.8 Å². The van der Waals surface area contributed by atoms with Crippen molar-refractivity contribution in [2.75, 3.05) is 0 Å². The van der Waals surface area contributed by atoms with E-state index in [9.17, 15) is 28.8 Å². The monoisotopic (exact) mass is 864 g/mol. The van der Waals surface area contributed by atoms with E-state index in [1.165, 1.54) is 104 Å². The summed E-state index contributed by atoms with van der Waals surface area (Å²) in [6.45, 7) is 19.0. The molecule has 0 amide bonds. The smallest absolute Gasteiger partial charge is 0.186 e. The molecular formula is C44H48O6S6. The van der Waals surface area contributed by atoms with E-state index in [1.807, 2.05) is 0 Å². The second-order valence-electron chi connectivity index (χ2n) is 15.7. The summed E-state index contributed by atoms with van der Waals surface area (Å²) in [6.07, 6.45) is 0. The van der Waals surface area contributed by atoms with Gasteiger partial charge in [0.1, 0.15) is 0 Å². The zero-order chi connectivity index (χ0) is 41.1. The van der Waals surface area contributed by atoms with Crippen LogP contribution in [0.3, 0.4) is 0 Å². The maximum atomic E-state index is 12.3. The van der Waals surface area contributed by atoms with Crippen LogP contribution in [0.5, 0.6) is 0 Å². The van der Waals surface area contributed by atoms with Crippen molar-refractivity contribution in [2.24, 2.45) is 5.41 Å². The highest BCUT2D eigenvalue weighted by molar-refractivity contribution is 8.14. The lowest BCUT2D eigenvalue weighted by molar-refractivity contribution is -0.109. The number of fused-ring (bicyclic) bond motifs is 9. The first-order chi connectivity index (χ1) is 26.2. The van der Waals surface area contributed by atoms with E-state index in [0.717, 1.165) is 33.4 Å². The van der Waals surface area contributed by atoms with Crippen molar-refractivity contribution in [3.8, 4) is 0 Å². The van der Waals surface area contributed by atoms with Gasteiger partial charge >= 0.3 is 0 Å². The quantitative estimate of drug-likeness (QED) is 0.173. The summed E-state index contributed by atoms with van der Waals surface area (Å²) in [6, 6.07) is 13.8. The van der Waals surface area contributed by atoms with E-state index in [2.05, 4.69) is 64.1 Å². The highest BCUT2D eigenvalue weighted by Gasteiger charge is 2.80. The van der Waals surface area contributed by atoms with Crippen LogP contribution in [-0.4, -0.2) is 30.7 Å². The molecule has 0 aliphatic heterocycles. The maximum absolute atomic E-state index is 12.3. The lowest BCUT2D eigenvalue weighted by Gasteiger charge is -2.49. The maximum Gasteiger partial charge on any atom is 0.186 e. The Morgan fingerprint density at radius 2 is 0.482 bits per heavy atom. The number of rotatable bonds is 12. The number of hydrogen-bond acceptors (Lipinski definition) is 12. The van der Waals surface area contributed by atoms with Crippen molar-refractivity contribution in [1.82, 2.24) is 0 Å². The van der Waals surface area contributed by atoms with Crippen LogP contribution < -0.4 is 0 Å². The van der Waals surface area contributed by atoms with Crippen LogP contribution in [0.4, 0.5) is 0 Å². The van der Waals surface area contributed by atoms with E-state index in [1.54, 1.807) is 41.5 Å². The number of benzene rings is 3. The van der Waals surface area contributed by atoms with E-state index in [-0.39, 0.29) is 30.7 Å². The molecule has 0 saturated heterocycles. The zero-order valence-electron chi connectivity index (χ0n) is 33.6. The van der Waals surface area contributed by atoms with E-state index < -0.39 is 21.7 Å². The Balaban J connectivity index is 1.74. The van der Waals surface area contributed by atoms with Crippen molar-refractivity contribution in [1.29, 1.82) is 0 Å². The number of hydrogen-bond donors (Lipinski definition) is 0. The Kier molecular flexibility index (Phi) is 12.5. The van der Waals surface area contributed by atoms with Gasteiger partial charge in [-0.2, -0.15) is 0 Å². The van der Waals surface area contributed by atoms with Crippen LogP contribution in [-0.2, 0) is 79.5 Å². The van der Waals surface area contributed by atoms with Crippen molar-refractivity contribution in [3.63, 3.8) is 0 Å². The first-order valence-electron chi connectivity index (χ1n) is 18.5. The summed E-state index contributed by atoms with van der Waals surface area (Å²) in [7, 11) is 0. The van der Waals surface area contributed by atoms with Gasteiger partial charge in [0.15, 0.2) is 30.7 Å². The van der Waals surface area contributed by atoms with Gasteiger partial charge in [-0.1, -0.05) is 135 Å². The van der Waals surface area contributed by atoms with Gasteiger partial charge in [0.2, 0.25) is 0 Å². The van der Waals surface area contributed by atoms with E-state index in [4.69, 9.17) is 0 Å². The largest absolute Gasteiger partial charge is 0.288 e. The topological polar surface area (TPSA) is 102 Å². The SMILES string of the molecule is CC(=O)SCc1cc2c(cc1CSC(C)=O)C1(C)c3cc(CSC(C)=O)c(CSC(C)=O)cc3C3(C)c4cc(CSC(C)=O)c(CSC(C)=O)cc4C2(C)C13C. The lowest BCUT2D eigenvalue weighted by atomic mass is 9.52. The molecule has 0 spiro atoms. The number of carbonyl (C=O) groups is 6. The molecular weight excluding hydrogens is 817 g/mol. The van der Waals surface area contributed by atoms with Crippen LogP contribution in [0.1, 0.15) is 136 Å². The average Bonchev–Trinajstić information content (AvgIpc) is 3.46. The van der Waals surface area contributed by atoms with Gasteiger partial charge in [0.25, 0.3) is 0 Å². The van der Waals surface area contributed by atoms with Crippen LogP contribution in [0.2, 0.25) is 0 Å². The molecule has 12 heteroatoms. The summed E-state index contributed by atoms with van der Waals surface area (Å²) < 4.78 is 0. The number of carbonyl (C=O) groups excluding carboxylic acids is 6. The Bertz CT molecular complexity index is 1840. The fourth-order valence-electron chi connectivity index (χ4n) is 9.98. The Labute approximate surface area is 356 Å². The summed E-state index contributed by atoms with van der Waals surface area (Å²) >= 11 is 7.65. The summed E-state index contributed by atoms with van der Waals surface area (Å²) in [4.78, 5) is 74.1. The summed E-state index contributed by atoms with van der Waals surface area (Å²) in [5.74, 6) is 2.95. The fourth-order valence-corrected chi connectivity index (χ4v) is 13.7. The summed E-state index contributed by atoms with van der Waals surface area (Å²) in [5, 5.41) is 0.187. The second-order valence-corrected chi connectivity index (χ2v) is 22.6. The molecule has 3 aromatic carbocycles. The Hall–Kier alpha value is -2.22. The molecule has 6 rings (SSSR count). The minimum atomic E-state index is -0.549. The molecule has 0 saturated carbocycles. The molecule has 296 valence electrons. The zero-order valence-corrected chi connectivity index (χ0v) is 38.5. The van der Waals surface area contributed by atoms with Gasteiger partial charge in [-0.05, 0) is 66.8 Å². The highest BCUT2D eigenvalue weighted by atomic mass is 32.2. The Morgan fingerprint density at radius 1 is 0.339 bits per heavy atom. The summed E-state index contributed by atoms with van der Waals surface area (Å²) in [5.41, 5.74) is 11.3. The molecule has 0 heterocycles.